The molecule has 0 aromatic heterocycles. The third-order valence-electron chi connectivity index (χ3n) is 6.32. The van der Waals surface area contributed by atoms with Crippen LogP contribution in [-0.4, -0.2) is 11.1 Å². The fraction of sp³-hybridized carbons (Fsp3) is 0.400. The Morgan fingerprint density at radius 2 is 1.79 bits per heavy atom. The van der Waals surface area contributed by atoms with Crippen LogP contribution in [0.25, 0.3) is 11.1 Å². The summed E-state index contributed by atoms with van der Waals surface area (Å²) in [7, 11) is 0. The Morgan fingerprint density at radius 1 is 1.10 bits per heavy atom. The number of unbranched alkanes of at least 4 members (excludes halogenated alkanes) is 2. The Labute approximate surface area is 171 Å². The van der Waals surface area contributed by atoms with E-state index in [1.54, 1.807) is 12.1 Å². The summed E-state index contributed by atoms with van der Waals surface area (Å²) in [5, 5.41) is 10.0. The maximum absolute atomic E-state index is 14.8. The zero-order valence-corrected chi connectivity index (χ0v) is 16.7. The van der Waals surface area contributed by atoms with E-state index in [2.05, 4.69) is 6.58 Å². The number of rotatable bonds is 8. The Morgan fingerprint density at radius 3 is 2.38 bits per heavy atom. The first kappa shape index (κ1) is 21.2. The van der Waals surface area contributed by atoms with Crippen molar-refractivity contribution >= 4 is 5.97 Å². The first-order valence-electron chi connectivity index (χ1n) is 10.4. The molecule has 1 aliphatic rings. The first-order chi connectivity index (χ1) is 14.0. The second kappa shape index (κ2) is 9.34. The van der Waals surface area contributed by atoms with Gasteiger partial charge in [0, 0.05) is 5.56 Å². The van der Waals surface area contributed by atoms with Crippen molar-refractivity contribution in [3.8, 4) is 11.1 Å². The average Bonchev–Trinajstić information content (AvgIpc) is 2.72. The second-order valence-electron chi connectivity index (χ2n) is 8.11. The molecule has 2 aromatic carbocycles. The third-order valence-corrected chi connectivity index (χ3v) is 6.32. The average molecular weight is 398 g/mol. The summed E-state index contributed by atoms with van der Waals surface area (Å²) in [5.41, 5.74) is 0.423. The molecule has 0 amide bonds. The van der Waals surface area contributed by atoms with E-state index in [1.807, 2.05) is 6.08 Å². The number of allylic oxidation sites excluding steroid dienone is 1. The zero-order valence-electron chi connectivity index (χ0n) is 16.7. The molecule has 29 heavy (non-hydrogen) atoms. The lowest BCUT2D eigenvalue weighted by Crippen LogP contribution is -2.39. The van der Waals surface area contributed by atoms with E-state index in [-0.39, 0.29) is 5.82 Å². The minimum Gasteiger partial charge on any atom is -0.481 e. The smallest absolute Gasteiger partial charge is 0.314 e. The highest BCUT2D eigenvalue weighted by atomic mass is 19.1. The van der Waals surface area contributed by atoms with Crippen LogP contribution in [-0.2, 0) is 10.2 Å². The fourth-order valence-corrected chi connectivity index (χ4v) is 4.48. The summed E-state index contributed by atoms with van der Waals surface area (Å²) >= 11 is 0. The monoisotopic (exact) mass is 398 g/mol. The van der Waals surface area contributed by atoms with Crippen LogP contribution in [0.3, 0.4) is 0 Å². The Balaban J connectivity index is 1.76. The van der Waals surface area contributed by atoms with Crippen LogP contribution >= 0.6 is 0 Å². The topological polar surface area (TPSA) is 37.3 Å². The van der Waals surface area contributed by atoms with Crippen LogP contribution in [0.5, 0.6) is 0 Å². The number of hydrogen-bond donors (Lipinski definition) is 1. The van der Waals surface area contributed by atoms with Crippen LogP contribution < -0.4 is 0 Å². The summed E-state index contributed by atoms with van der Waals surface area (Å²) in [4.78, 5) is 12.2. The summed E-state index contributed by atoms with van der Waals surface area (Å²) < 4.78 is 28.0. The molecule has 1 fully saturated rings. The van der Waals surface area contributed by atoms with E-state index < -0.39 is 17.2 Å². The molecule has 154 valence electrons. The lowest BCUT2D eigenvalue weighted by atomic mass is 9.66. The molecule has 4 heteroatoms. The molecule has 1 aliphatic carbocycles. The van der Waals surface area contributed by atoms with Gasteiger partial charge in [0.05, 0.1) is 5.41 Å². The van der Waals surface area contributed by atoms with E-state index in [0.717, 1.165) is 38.5 Å². The predicted octanol–water partition coefficient (Wildman–Crippen LogP) is 6.89. The molecule has 1 N–H and O–H groups in total. The number of carbonyl (C=O) groups is 1. The van der Waals surface area contributed by atoms with Gasteiger partial charge in [0.25, 0.3) is 0 Å². The highest BCUT2D eigenvalue weighted by Crippen LogP contribution is 2.44. The highest BCUT2D eigenvalue weighted by Gasteiger charge is 2.43. The second-order valence-corrected chi connectivity index (χ2v) is 8.11. The maximum atomic E-state index is 14.8. The molecular weight excluding hydrogens is 370 g/mol. The molecule has 0 saturated heterocycles. The fourth-order valence-electron chi connectivity index (χ4n) is 4.48. The van der Waals surface area contributed by atoms with Gasteiger partial charge in [-0.3, -0.25) is 4.79 Å². The Hall–Kier alpha value is -2.49. The van der Waals surface area contributed by atoms with Gasteiger partial charge in [-0.2, -0.15) is 0 Å². The van der Waals surface area contributed by atoms with Crippen LogP contribution in [0.4, 0.5) is 8.78 Å². The highest BCUT2D eigenvalue weighted by molar-refractivity contribution is 5.82. The SMILES string of the molecule is C=CCCCCC1CCC(C(=O)O)(c2ccc(-c3ccc(F)cc3)c(F)c2)CC1. The van der Waals surface area contributed by atoms with E-state index in [9.17, 15) is 18.7 Å². The number of carboxylic acids is 1. The Kier molecular flexibility index (Phi) is 6.83. The molecule has 2 aromatic rings. The van der Waals surface area contributed by atoms with Gasteiger partial charge < -0.3 is 5.11 Å². The summed E-state index contributed by atoms with van der Waals surface area (Å²) in [5.74, 6) is -1.19. The summed E-state index contributed by atoms with van der Waals surface area (Å²) in [6.45, 7) is 3.74. The van der Waals surface area contributed by atoms with Gasteiger partial charge in [0.1, 0.15) is 11.6 Å². The van der Waals surface area contributed by atoms with E-state index in [0.29, 0.717) is 35.4 Å². The molecule has 0 bridgehead atoms. The molecule has 0 unspecified atom stereocenters. The van der Waals surface area contributed by atoms with Crippen molar-refractivity contribution in [2.75, 3.05) is 0 Å². The van der Waals surface area contributed by atoms with Gasteiger partial charge in [-0.15, -0.1) is 6.58 Å². The van der Waals surface area contributed by atoms with Crippen molar-refractivity contribution in [3.63, 3.8) is 0 Å². The largest absolute Gasteiger partial charge is 0.481 e. The van der Waals surface area contributed by atoms with Crippen molar-refractivity contribution in [1.29, 1.82) is 0 Å². The van der Waals surface area contributed by atoms with Gasteiger partial charge in [0.15, 0.2) is 0 Å². The van der Waals surface area contributed by atoms with Gasteiger partial charge in [-0.05, 0) is 73.8 Å². The van der Waals surface area contributed by atoms with Gasteiger partial charge in [-0.1, -0.05) is 43.2 Å². The summed E-state index contributed by atoms with van der Waals surface area (Å²) in [6, 6.07) is 10.3. The van der Waals surface area contributed by atoms with Crippen molar-refractivity contribution in [2.45, 2.75) is 56.8 Å². The van der Waals surface area contributed by atoms with Gasteiger partial charge >= 0.3 is 5.97 Å². The number of hydrogen-bond acceptors (Lipinski definition) is 1. The molecule has 0 radical (unpaired) electrons. The third kappa shape index (κ3) is 4.75. The molecule has 1 saturated carbocycles. The number of halogens is 2. The lowest BCUT2D eigenvalue weighted by Gasteiger charge is -2.37. The van der Waals surface area contributed by atoms with Crippen LogP contribution in [0.1, 0.15) is 56.9 Å². The minimum absolute atomic E-state index is 0.352. The Bertz CT molecular complexity index is 850. The van der Waals surface area contributed by atoms with Crippen LogP contribution in [0, 0.1) is 17.6 Å². The van der Waals surface area contributed by atoms with E-state index in [4.69, 9.17) is 0 Å². The molecular formula is C25H28F2O2. The quantitative estimate of drug-likeness (QED) is 0.388. The minimum atomic E-state index is -1.03. The van der Waals surface area contributed by atoms with Gasteiger partial charge in [0.2, 0.25) is 0 Å². The van der Waals surface area contributed by atoms with Crippen molar-refractivity contribution in [1.82, 2.24) is 0 Å². The van der Waals surface area contributed by atoms with Crippen molar-refractivity contribution < 1.29 is 18.7 Å². The number of aliphatic carboxylic acids is 1. The molecule has 3 rings (SSSR count). The van der Waals surface area contributed by atoms with Gasteiger partial charge in [-0.25, -0.2) is 8.78 Å². The standard InChI is InChI=1S/C25H28F2O2/c1-2-3-4-5-6-18-13-15-25(16-14-18,24(28)29)20-9-12-22(23(27)17-20)19-7-10-21(26)11-8-19/h2,7-12,17-18H,1,3-6,13-16H2,(H,28,29). The van der Waals surface area contributed by atoms with E-state index >= 15 is 0 Å². The number of benzene rings is 2. The van der Waals surface area contributed by atoms with Crippen LogP contribution in [0.2, 0.25) is 0 Å². The lowest BCUT2D eigenvalue weighted by molar-refractivity contribution is -0.145. The predicted molar refractivity (Wildman–Crippen MR) is 112 cm³/mol. The number of carboxylic acid groups (broad SMARTS) is 1. The van der Waals surface area contributed by atoms with Crippen LogP contribution in [0.15, 0.2) is 55.1 Å². The molecule has 0 aliphatic heterocycles. The first-order valence-corrected chi connectivity index (χ1v) is 10.4. The zero-order chi connectivity index (χ0) is 20.9. The normalized spacial score (nSPS) is 21.7. The maximum Gasteiger partial charge on any atom is 0.314 e. The van der Waals surface area contributed by atoms with Crippen molar-refractivity contribution in [2.24, 2.45) is 5.92 Å². The molecule has 0 atom stereocenters. The molecule has 2 nitrogen and oxygen atoms in total. The van der Waals surface area contributed by atoms with E-state index in [1.165, 1.54) is 30.3 Å². The molecule has 0 spiro atoms. The van der Waals surface area contributed by atoms with Crippen molar-refractivity contribution in [3.05, 3.63) is 72.3 Å². The molecule has 0 heterocycles. The summed E-state index contributed by atoms with van der Waals surface area (Å²) in [6.07, 6.45) is 9.09.